The monoisotopic (exact) mass is 1090 g/mol. The minimum atomic E-state index is -2.93. The molecule has 4 saturated carbocycles. The smallest absolute Gasteiger partial charge is 0.197 e. The number of aliphatic hydroxyl groups is 3. The molecule has 4 fully saturated rings. The van der Waals surface area contributed by atoms with Gasteiger partial charge in [-0.2, -0.15) is 0 Å². The number of aliphatic hydroxyl groups excluding tert-OH is 3. The molecule has 11 atom stereocenters. The molecule has 0 radical (unpaired) electrons. The van der Waals surface area contributed by atoms with E-state index in [2.05, 4.69) is 93.7 Å². The predicted molar refractivity (Wildman–Crippen MR) is 308 cm³/mol. The summed E-state index contributed by atoms with van der Waals surface area (Å²) in [7, 11) is -9.77. The third-order valence-electron chi connectivity index (χ3n) is 18.8. The molecule has 0 heterocycles. The van der Waals surface area contributed by atoms with Crippen LogP contribution in [0.2, 0.25) is 36.3 Å². The number of unbranched alkanes of at least 4 members (excludes halogenated alkanes) is 6. The van der Waals surface area contributed by atoms with Crippen molar-refractivity contribution >= 4 is 37.2 Å². The minimum absolute atomic E-state index is 0.0468. The molecular formula is C58H112O10P2Si2. The van der Waals surface area contributed by atoms with Crippen LogP contribution in [-0.2, 0) is 22.8 Å². The summed E-state index contributed by atoms with van der Waals surface area (Å²) in [5.41, 5.74) is 0.386. The van der Waals surface area contributed by atoms with Gasteiger partial charge in [0.15, 0.2) is 31.4 Å². The van der Waals surface area contributed by atoms with E-state index in [0.717, 1.165) is 96.3 Å². The number of carbonyl (C=O) groups is 1. The Bertz CT molecular complexity index is 1770. The Kier molecular flexibility index (Phi) is 26.2. The Morgan fingerprint density at radius 1 is 0.681 bits per heavy atom. The highest BCUT2D eigenvalue weighted by Gasteiger charge is 2.50. The second-order valence-corrected chi connectivity index (χ2v) is 41.6. The van der Waals surface area contributed by atoms with Gasteiger partial charge in [-0.25, -0.2) is 0 Å². The zero-order valence-electron chi connectivity index (χ0n) is 48.6. The Labute approximate surface area is 443 Å². The van der Waals surface area contributed by atoms with Gasteiger partial charge in [-0.3, -0.25) is 13.9 Å². The summed E-state index contributed by atoms with van der Waals surface area (Å²) in [6.45, 7) is 30.7. The summed E-state index contributed by atoms with van der Waals surface area (Å²) in [4.78, 5) is 31.3. The Balaban J connectivity index is 0.000000410. The summed E-state index contributed by atoms with van der Waals surface area (Å²) in [6, 6.07) is 0. The lowest BCUT2D eigenvalue weighted by Gasteiger charge is -2.51. The number of carbonyl (C=O) groups excluding carboxylic acids is 1. The lowest BCUT2D eigenvalue weighted by atomic mass is 9.62. The minimum Gasteiger partial charge on any atom is -0.413 e. The summed E-state index contributed by atoms with van der Waals surface area (Å²) < 4.78 is 37.2. The van der Waals surface area contributed by atoms with E-state index in [-0.39, 0.29) is 75.8 Å². The first-order valence-electron chi connectivity index (χ1n) is 29.1. The highest BCUT2D eigenvalue weighted by atomic mass is 31.2. The maximum absolute atomic E-state index is 12.3. The fourth-order valence-electron chi connectivity index (χ4n) is 12.0. The molecule has 5 unspecified atom stereocenters. The second kappa shape index (κ2) is 28.6. The van der Waals surface area contributed by atoms with Crippen LogP contribution in [0.3, 0.4) is 0 Å². The first-order chi connectivity index (χ1) is 33.2. The van der Waals surface area contributed by atoms with E-state index in [0.29, 0.717) is 30.6 Å². The molecule has 0 amide bonds. The molecule has 5 N–H and O–H groups in total. The molecule has 0 aliphatic heterocycles. The van der Waals surface area contributed by atoms with Gasteiger partial charge in [0.1, 0.15) is 5.78 Å². The standard InChI is InChI=1S/C35H71O5PSi2.C23H41O5P/c1-13-23-35(24-19-25-35)32(40-43(11,12)34(5,6)7)22-18-21-29-28(20-16-14-15-17-26-41(8,37)38)30(36)27-31(29)39-42(9,10)33(2,3)4;1-3-13-23(14-9-15-23)22(26)12-8-11-19-18(20(24)17-21(19)25)10-6-4-5-7-16-29(2,27)28/h18,21,28-32,36H,13-17,19-20,22-27H2,1-12H3,(H,37,38);8,11,18-19,21-22,25-26H,3-7,9-10,12-17H2,1-2H3,(H,27,28)/b21-18+;11-8+/t28-,29-,30?,31-,32?;18-,19-,21-,22?/m11/s1. The molecule has 14 heteroatoms. The molecule has 4 aliphatic carbocycles. The van der Waals surface area contributed by atoms with Crippen LogP contribution < -0.4 is 0 Å². The molecule has 10 nitrogen and oxygen atoms in total. The van der Waals surface area contributed by atoms with E-state index in [4.69, 9.17) is 8.85 Å². The molecule has 0 aromatic rings. The zero-order chi connectivity index (χ0) is 54.4. The van der Waals surface area contributed by atoms with E-state index >= 15 is 0 Å². The summed E-state index contributed by atoms with van der Waals surface area (Å²) in [5, 5.41) is 32.7. The molecule has 0 aromatic heterocycles. The van der Waals surface area contributed by atoms with Crippen LogP contribution in [0.5, 0.6) is 0 Å². The summed E-state index contributed by atoms with van der Waals surface area (Å²) in [6.07, 6.45) is 32.0. The van der Waals surface area contributed by atoms with Crippen molar-refractivity contribution in [2.75, 3.05) is 25.7 Å². The summed E-state index contributed by atoms with van der Waals surface area (Å²) in [5.74, 6) is 0.250. The van der Waals surface area contributed by atoms with Gasteiger partial charge in [0.25, 0.3) is 0 Å². The normalized spacial score (nSPS) is 28.3. The maximum atomic E-state index is 12.3. The van der Waals surface area contributed by atoms with Gasteiger partial charge in [-0.15, -0.1) is 0 Å². The lowest BCUT2D eigenvalue weighted by Crippen LogP contribution is -2.51. The van der Waals surface area contributed by atoms with Crippen LogP contribution in [0.4, 0.5) is 0 Å². The van der Waals surface area contributed by atoms with Crippen molar-refractivity contribution in [2.45, 2.75) is 276 Å². The molecule has 0 bridgehead atoms. The van der Waals surface area contributed by atoms with E-state index in [1.807, 2.05) is 12.2 Å². The highest BCUT2D eigenvalue weighted by molar-refractivity contribution is 7.57. The van der Waals surface area contributed by atoms with E-state index in [1.165, 1.54) is 51.9 Å². The molecule has 4 aliphatic rings. The SMILES string of the molecule is CCCC1(C(C/C=C/[C@H]2[C@H](O[Si](C)(C)C(C)(C)C)CC(O)[C@@H]2CCCCCCP(C)(=O)O)O[Si](C)(C)C(C)(C)C)CCC1.CCCC1(C(O)C/C=C/[C@H]2[C@H](O)CC(=O)[C@@H]2CCCCCCP(C)(=O)O)CCC1. The number of hydrogen-bond acceptors (Lipinski definition) is 8. The van der Waals surface area contributed by atoms with Crippen LogP contribution in [0, 0.1) is 34.5 Å². The highest BCUT2D eigenvalue weighted by Crippen LogP contribution is 2.53. The lowest BCUT2D eigenvalue weighted by molar-refractivity contribution is -0.121. The van der Waals surface area contributed by atoms with Gasteiger partial charge in [-0.05, 0) is 136 Å². The van der Waals surface area contributed by atoms with Gasteiger partial charge in [0.05, 0.1) is 30.5 Å². The number of ketones is 1. The van der Waals surface area contributed by atoms with Crippen LogP contribution in [0.1, 0.15) is 209 Å². The Morgan fingerprint density at radius 3 is 1.62 bits per heavy atom. The predicted octanol–water partition coefficient (Wildman–Crippen LogP) is 15.2. The van der Waals surface area contributed by atoms with Crippen LogP contribution in [-0.4, -0.2) is 104 Å². The van der Waals surface area contributed by atoms with Gasteiger partial charge >= 0.3 is 0 Å². The van der Waals surface area contributed by atoms with Gasteiger partial charge in [-0.1, -0.05) is 144 Å². The average molecular weight is 1090 g/mol. The molecule has 422 valence electrons. The summed E-state index contributed by atoms with van der Waals surface area (Å²) >= 11 is 0. The van der Waals surface area contributed by atoms with Crippen molar-refractivity contribution in [3.05, 3.63) is 24.3 Å². The topological polar surface area (TPSA) is 171 Å². The number of rotatable bonds is 30. The van der Waals surface area contributed by atoms with E-state index in [1.54, 1.807) is 0 Å². The first kappa shape index (κ1) is 66.0. The molecule has 0 saturated heterocycles. The average Bonchev–Trinajstić information content (AvgIpc) is 3.65. The maximum Gasteiger partial charge on any atom is 0.197 e. The van der Waals surface area contributed by atoms with Crippen molar-refractivity contribution in [3.8, 4) is 0 Å². The second-order valence-electron chi connectivity index (χ2n) is 27.0. The third kappa shape index (κ3) is 20.2. The first-order valence-corrected chi connectivity index (χ1v) is 39.5. The van der Waals surface area contributed by atoms with Crippen molar-refractivity contribution in [1.82, 2.24) is 0 Å². The van der Waals surface area contributed by atoms with Gasteiger partial charge in [0, 0.05) is 49.8 Å². The molecular weight excluding hydrogens is 975 g/mol. The van der Waals surface area contributed by atoms with Crippen molar-refractivity contribution in [3.63, 3.8) is 0 Å². The Morgan fingerprint density at radius 2 is 1.15 bits per heavy atom. The van der Waals surface area contributed by atoms with Crippen LogP contribution >= 0.6 is 14.7 Å². The van der Waals surface area contributed by atoms with Crippen LogP contribution in [0.25, 0.3) is 0 Å². The Hall–Kier alpha value is -0.236. The van der Waals surface area contributed by atoms with Crippen molar-refractivity contribution in [2.24, 2.45) is 34.5 Å². The fraction of sp³-hybridized carbons (Fsp3) is 0.914. The molecule has 0 spiro atoms. The van der Waals surface area contributed by atoms with Crippen LogP contribution in [0.15, 0.2) is 24.3 Å². The number of hydrogen-bond donors (Lipinski definition) is 5. The van der Waals surface area contributed by atoms with E-state index in [9.17, 15) is 39.0 Å². The third-order valence-corrected chi connectivity index (χ3v) is 30.1. The van der Waals surface area contributed by atoms with Crippen molar-refractivity contribution in [1.29, 1.82) is 0 Å². The van der Waals surface area contributed by atoms with E-state index < -0.39 is 37.5 Å². The fourth-order valence-corrected chi connectivity index (χ4v) is 16.4. The quantitative estimate of drug-likeness (QED) is 0.0202. The van der Waals surface area contributed by atoms with Crippen molar-refractivity contribution < 1.29 is 47.9 Å². The molecule has 4 rings (SSSR count). The van der Waals surface area contributed by atoms with Gasteiger partial charge < -0.3 is 34.0 Å². The van der Waals surface area contributed by atoms with Gasteiger partial charge in [0.2, 0.25) is 0 Å². The largest absolute Gasteiger partial charge is 0.413 e. The molecule has 72 heavy (non-hydrogen) atoms. The molecule has 0 aromatic carbocycles. The zero-order valence-corrected chi connectivity index (χ0v) is 52.4. The number of Topliss-reactive ketones (excluding diaryl/α,β-unsaturated/α-hetero) is 1.